The van der Waals surface area contributed by atoms with E-state index in [1.807, 2.05) is 25.7 Å². The zero-order valence-corrected chi connectivity index (χ0v) is 15.2. The topological polar surface area (TPSA) is 55.2 Å². The summed E-state index contributed by atoms with van der Waals surface area (Å²) in [7, 11) is 0. The van der Waals surface area contributed by atoms with Crippen molar-refractivity contribution in [3.05, 3.63) is 27.7 Å². The van der Waals surface area contributed by atoms with Crippen LogP contribution in [0.5, 0.6) is 0 Å². The third-order valence-corrected chi connectivity index (χ3v) is 5.19. The van der Waals surface area contributed by atoms with E-state index in [4.69, 9.17) is 0 Å². The molecule has 2 aliphatic rings. The summed E-state index contributed by atoms with van der Waals surface area (Å²) in [5, 5.41) is 4.66. The van der Waals surface area contributed by atoms with Crippen LogP contribution in [0.25, 0.3) is 0 Å². The molecule has 1 fully saturated rings. The average molecular weight is 331 g/mol. The van der Waals surface area contributed by atoms with Gasteiger partial charge in [-0.1, -0.05) is 27.2 Å². The van der Waals surface area contributed by atoms with Crippen molar-refractivity contribution >= 4 is 5.91 Å². The molecule has 132 valence electrons. The van der Waals surface area contributed by atoms with Gasteiger partial charge in [-0.3, -0.25) is 9.59 Å². The van der Waals surface area contributed by atoms with Crippen LogP contribution in [0.2, 0.25) is 0 Å². The maximum atomic E-state index is 12.6. The summed E-state index contributed by atoms with van der Waals surface area (Å²) in [6.07, 6.45) is 7.40. The van der Waals surface area contributed by atoms with E-state index >= 15 is 0 Å². The monoisotopic (exact) mass is 331 g/mol. The Balaban J connectivity index is 1.81. The molecule has 0 aromatic carbocycles. The Morgan fingerprint density at radius 3 is 2.71 bits per heavy atom. The molecule has 0 saturated carbocycles. The predicted molar refractivity (Wildman–Crippen MR) is 93.9 cm³/mol. The minimum atomic E-state index is -0.380. The molecule has 0 bridgehead atoms. The van der Waals surface area contributed by atoms with Gasteiger partial charge in [0.15, 0.2) is 0 Å². The second-order valence-corrected chi connectivity index (χ2v) is 8.24. The van der Waals surface area contributed by atoms with Crippen molar-refractivity contribution in [3.8, 4) is 0 Å². The Kier molecular flexibility index (Phi) is 4.79. The van der Waals surface area contributed by atoms with Crippen molar-refractivity contribution in [2.45, 2.75) is 78.3 Å². The highest BCUT2D eigenvalue weighted by molar-refractivity contribution is 5.82. The van der Waals surface area contributed by atoms with Gasteiger partial charge in [0.2, 0.25) is 5.91 Å². The lowest BCUT2D eigenvalue weighted by Crippen LogP contribution is -2.45. The van der Waals surface area contributed by atoms with Crippen LogP contribution in [0.4, 0.5) is 0 Å². The summed E-state index contributed by atoms with van der Waals surface area (Å²) in [5.74, 6) is 0.174. The molecule has 1 atom stereocenters. The molecular formula is C19H29N3O2. The maximum Gasteiger partial charge on any atom is 0.267 e. The summed E-state index contributed by atoms with van der Waals surface area (Å²) in [5.41, 5.74) is 1.81. The van der Waals surface area contributed by atoms with Crippen LogP contribution in [0, 0.1) is 5.41 Å². The minimum Gasteiger partial charge on any atom is -0.337 e. The van der Waals surface area contributed by atoms with Crippen LogP contribution in [0.3, 0.4) is 0 Å². The zero-order valence-electron chi connectivity index (χ0n) is 15.2. The molecule has 24 heavy (non-hydrogen) atoms. The van der Waals surface area contributed by atoms with Crippen molar-refractivity contribution in [3.63, 3.8) is 0 Å². The fourth-order valence-corrected chi connectivity index (χ4v) is 3.83. The van der Waals surface area contributed by atoms with Crippen LogP contribution in [-0.4, -0.2) is 33.2 Å². The van der Waals surface area contributed by atoms with E-state index in [-0.39, 0.29) is 22.9 Å². The smallest absolute Gasteiger partial charge is 0.267 e. The quantitative estimate of drug-likeness (QED) is 0.783. The summed E-state index contributed by atoms with van der Waals surface area (Å²) < 4.78 is 1.60. The van der Waals surface area contributed by atoms with Gasteiger partial charge in [0.25, 0.3) is 5.56 Å². The third kappa shape index (κ3) is 3.55. The number of carbonyl (C=O) groups excluding carboxylic acids is 1. The number of aryl methyl sites for hydroxylation is 2. The van der Waals surface area contributed by atoms with Gasteiger partial charge in [-0.25, -0.2) is 4.68 Å². The van der Waals surface area contributed by atoms with Crippen LogP contribution >= 0.6 is 0 Å². The lowest BCUT2D eigenvalue weighted by Gasteiger charge is -2.31. The highest BCUT2D eigenvalue weighted by Gasteiger charge is 2.35. The van der Waals surface area contributed by atoms with E-state index in [0.717, 1.165) is 56.3 Å². The Bertz CT molecular complexity index is 672. The van der Waals surface area contributed by atoms with Crippen LogP contribution in [0.1, 0.15) is 64.1 Å². The Morgan fingerprint density at radius 2 is 1.96 bits per heavy atom. The van der Waals surface area contributed by atoms with Gasteiger partial charge >= 0.3 is 0 Å². The number of fused-ring (bicyclic) bond motifs is 1. The molecule has 1 aliphatic heterocycles. The molecule has 2 heterocycles. The molecule has 1 aromatic heterocycles. The predicted octanol–water partition coefficient (Wildman–Crippen LogP) is 2.55. The molecular weight excluding hydrogens is 302 g/mol. The number of likely N-dealkylation sites (tertiary alicyclic amines) is 1. The standard InChI is InChI=1S/C19H29N3O2/c1-19(2,3)18(24)21-11-7-9-15(21)13-22-17(23)12-14-8-5-4-6-10-16(14)20-22/h12,15H,4-11,13H2,1-3H3/t15-/m0/s1. The van der Waals surface area contributed by atoms with Crippen molar-refractivity contribution in [2.24, 2.45) is 5.41 Å². The van der Waals surface area contributed by atoms with Crippen LogP contribution in [-0.2, 0) is 24.2 Å². The average Bonchev–Trinajstić information content (AvgIpc) is 2.84. The molecule has 0 spiro atoms. The lowest BCUT2D eigenvalue weighted by molar-refractivity contribution is -0.140. The normalized spacial score (nSPS) is 21.5. The zero-order chi connectivity index (χ0) is 17.3. The summed E-state index contributed by atoms with van der Waals surface area (Å²) in [6, 6.07) is 1.86. The first kappa shape index (κ1) is 17.2. The van der Waals surface area contributed by atoms with E-state index in [9.17, 15) is 9.59 Å². The minimum absolute atomic E-state index is 0.0225. The number of carbonyl (C=O) groups is 1. The molecule has 1 amide bonds. The Hall–Kier alpha value is -1.65. The fourth-order valence-electron chi connectivity index (χ4n) is 3.83. The van der Waals surface area contributed by atoms with Gasteiger partial charge in [0.1, 0.15) is 0 Å². The molecule has 1 aliphatic carbocycles. The number of amides is 1. The van der Waals surface area contributed by atoms with Crippen LogP contribution < -0.4 is 5.56 Å². The second kappa shape index (κ2) is 6.69. The first-order chi connectivity index (χ1) is 11.4. The molecule has 5 heteroatoms. The van der Waals surface area contributed by atoms with Gasteiger partial charge in [-0.05, 0) is 44.1 Å². The van der Waals surface area contributed by atoms with E-state index < -0.39 is 0 Å². The Labute approximate surface area is 144 Å². The van der Waals surface area contributed by atoms with Crippen molar-refractivity contribution in [1.82, 2.24) is 14.7 Å². The van der Waals surface area contributed by atoms with E-state index in [1.54, 1.807) is 10.7 Å². The summed E-state index contributed by atoms with van der Waals surface area (Å²) in [4.78, 5) is 27.1. The number of aromatic nitrogens is 2. The van der Waals surface area contributed by atoms with Crippen molar-refractivity contribution in [1.29, 1.82) is 0 Å². The van der Waals surface area contributed by atoms with E-state index in [0.29, 0.717) is 6.54 Å². The first-order valence-corrected chi connectivity index (χ1v) is 9.27. The molecule has 1 aromatic rings. The lowest BCUT2D eigenvalue weighted by atomic mass is 9.94. The van der Waals surface area contributed by atoms with Crippen molar-refractivity contribution < 1.29 is 4.79 Å². The summed E-state index contributed by atoms with van der Waals surface area (Å²) >= 11 is 0. The molecule has 0 unspecified atom stereocenters. The molecule has 0 N–H and O–H groups in total. The fraction of sp³-hybridized carbons (Fsp3) is 0.737. The van der Waals surface area contributed by atoms with Gasteiger partial charge in [0, 0.05) is 18.0 Å². The van der Waals surface area contributed by atoms with Gasteiger partial charge < -0.3 is 4.90 Å². The SMILES string of the molecule is CC(C)(C)C(=O)N1CCC[C@H]1Cn1nc2c(cc1=O)CCCCC2. The van der Waals surface area contributed by atoms with Crippen molar-refractivity contribution in [2.75, 3.05) is 6.54 Å². The van der Waals surface area contributed by atoms with Crippen LogP contribution in [0.15, 0.2) is 10.9 Å². The van der Waals surface area contributed by atoms with Gasteiger partial charge in [0.05, 0.1) is 18.3 Å². The van der Waals surface area contributed by atoms with Gasteiger partial charge in [-0.2, -0.15) is 5.10 Å². The third-order valence-electron chi connectivity index (χ3n) is 5.19. The van der Waals surface area contributed by atoms with E-state index in [2.05, 4.69) is 5.10 Å². The number of hydrogen-bond acceptors (Lipinski definition) is 3. The number of nitrogens with zero attached hydrogens (tertiary/aromatic N) is 3. The molecule has 3 rings (SSSR count). The molecule has 1 saturated heterocycles. The van der Waals surface area contributed by atoms with Gasteiger partial charge in [-0.15, -0.1) is 0 Å². The Morgan fingerprint density at radius 1 is 1.21 bits per heavy atom. The number of hydrogen-bond donors (Lipinski definition) is 0. The number of rotatable bonds is 2. The highest BCUT2D eigenvalue weighted by atomic mass is 16.2. The second-order valence-electron chi connectivity index (χ2n) is 8.24. The highest BCUT2D eigenvalue weighted by Crippen LogP contribution is 2.26. The summed E-state index contributed by atoms with van der Waals surface area (Å²) in [6.45, 7) is 7.18. The molecule has 0 radical (unpaired) electrons. The van der Waals surface area contributed by atoms with E-state index in [1.165, 1.54) is 6.42 Å². The largest absolute Gasteiger partial charge is 0.337 e. The maximum absolute atomic E-state index is 12.6. The first-order valence-electron chi connectivity index (χ1n) is 9.27. The molecule has 5 nitrogen and oxygen atoms in total.